The van der Waals surface area contributed by atoms with E-state index in [1.807, 2.05) is 13.1 Å². The molecule has 1 N–H and O–H groups in total. The highest BCUT2D eigenvalue weighted by Crippen LogP contribution is 2.15. The van der Waals surface area contributed by atoms with Crippen LogP contribution in [-0.4, -0.2) is 23.1 Å². The van der Waals surface area contributed by atoms with Crippen LogP contribution in [0.3, 0.4) is 0 Å². The Balaban J connectivity index is 2.08. The van der Waals surface area contributed by atoms with Gasteiger partial charge in [-0.15, -0.1) is 0 Å². The van der Waals surface area contributed by atoms with Gasteiger partial charge in [0, 0.05) is 25.0 Å². The molecule has 1 saturated heterocycles. The maximum absolute atomic E-state index is 4.31. The first-order chi connectivity index (χ1) is 5.86. The van der Waals surface area contributed by atoms with Crippen molar-refractivity contribution >= 4 is 5.95 Å². The van der Waals surface area contributed by atoms with Gasteiger partial charge < -0.3 is 9.88 Å². The Morgan fingerprint density at radius 3 is 2.67 bits per heavy atom. The predicted molar refractivity (Wildman–Crippen MR) is 49.4 cm³/mol. The lowest BCUT2D eigenvalue weighted by Crippen LogP contribution is -2.30. The fourth-order valence-corrected chi connectivity index (χ4v) is 1.67. The third kappa shape index (κ3) is 1.44. The second kappa shape index (κ2) is 3.17. The van der Waals surface area contributed by atoms with Gasteiger partial charge >= 0.3 is 0 Å². The Bertz CT molecular complexity index is 248. The minimum absolute atomic E-state index is 1.05. The number of aromatic amines is 1. The first-order valence-electron chi connectivity index (χ1n) is 4.63. The van der Waals surface area contributed by atoms with Crippen molar-refractivity contribution in [2.75, 3.05) is 18.0 Å². The van der Waals surface area contributed by atoms with E-state index in [9.17, 15) is 0 Å². The molecule has 1 fully saturated rings. The van der Waals surface area contributed by atoms with Gasteiger partial charge in [-0.05, 0) is 26.2 Å². The maximum Gasteiger partial charge on any atom is 0.202 e. The number of aryl methyl sites for hydroxylation is 1. The summed E-state index contributed by atoms with van der Waals surface area (Å²) < 4.78 is 0. The van der Waals surface area contributed by atoms with Crippen LogP contribution in [0.1, 0.15) is 25.0 Å². The fraction of sp³-hybridized carbons (Fsp3) is 0.667. The van der Waals surface area contributed by atoms with Crippen LogP contribution in [0.4, 0.5) is 5.95 Å². The summed E-state index contributed by atoms with van der Waals surface area (Å²) in [7, 11) is 0. The highest BCUT2D eigenvalue weighted by molar-refractivity contribution is 5.31. The molecule has 0 aliphatic carbocycles. The van der Waals surface area contributed by atoms with Gasteiger partial charge in [-0.1, -0.05) is 0 Å². The van der Waals surface area contributed by atoms with Gasteiger partial charge in [0.2, 0.25) is 5.95 Å². The van der Waals surface area contributed by atoms with Crippen molar-refractivity contribution in [1.29, 1.82) is 0 Å². The zero-order valence-corrected chi connectivity index (χ0v) is 7.51. The SMILES string of the molecule is Cc1cnc(N2CCCCC2)[nH]1. The van der Waals surface area contributed by atoms with Gasteiger partial charge in [-0.2, -0.15) is 0 Å². The molecule has 0 unspecified atom stereocenters. The molecule has 0 radical (unpaired) electrons. The van der Waals surface area contributed by atoms with E-state index in [4.69, 9.17) is 0 Å². The van der Waals surface area contributed by atoms with Crippen molar-refractivity contribution in [3.05, 3.63) is 11.9 Å². The number of piperidine rings is 1. The van der Waals surface area contributed by atoms with Crippen LogP contribution in [0.2, 0.25) is 0 Å². The van der Waals surface area contributed by atoms with Crippen molar-refractivity contribution in [3.63, 3.8) is 0 Å². The van der Waals surface area contributed by atoms with Crippen LogP contribution in [0.15, 0.2) is 6.20 Å². The summed E-state index contributed by atoms with van der Waals surface area (Å²) >= 11 is 0. The van der Waals surface area contributed by atoms with E-state index in [2.05, 4.69) is 14.9 Å². The second-order valence-corrected chi connectivity index (χ2v) is 3.44. The lowest BCUT2D eigenvalue weighted by atomic mass is 10.1. The quantitative estimate of drug-likeness (QED) is 0.687. The Morgan fingerprint density at radius 2 is 2.08 bits per heavy atom. The van der Waals surface area contributed by atoms with Gasteiger partial charge in [0.15, 0.2) is 0 Å². The smallest absolute Gasteiger partial charge is 0.202 e. The summed E-state index contributed by atoms with van der Waals surface area (Å²) in [6.45, 7) is 4.36. The van der Waals surface area contributed by atoms with E-state index in [-0.39, 0.29) is 0 Å². The van der Waals surface area contributed by atoms with E-state index < -0.39 is 0 Å². The molecule has 2 rings (SSSR count). The number of nitrogens with zero attached hydrogens (tertiary/aromatic N) is 2. The third-order valence-electron chi connectivity index (χ3n) is 2.35. The Hall–Kier alpha value is -0.990. The zero-order chi connectivity index (χ0) is 8.39. The summed E-state index contributed by atoms with van der Waals surface area (Å²) in [6, 6.07) is 0. The number of H-pyrrole nitrogens is 1. The summed E-state index contributed by atoms with van der Waals surface area (Å²) in [5, 5.41) is 0. The van der Waals surface area contributed by atoms with Crippen LogP contribution in [-0.2, 0) is 0 Å². The monoisotopic (exact) mass is 165 g/mol. The Kier molecular flexibility index (Phi) is 2.02. The summed E-state index contributed by atoms with van der Waals surface area (Å²) in [5.74, 6) is 1.05. The molecule has 0 spiro atoms. The number of hydrogen-bond donors (Lipinski definition) is 1. The largest absolute Gasteiger partial charge is 0.342 e. The van der Waals surface area contributed by atoms with Gasteiger partial charge in [-0.25, -0.2) is 4.98 Å². The first kappa shape index (κ1) is 7.65. The molecule has 66 valence electrons. The number of imidazole rings is 1. The van der Waals surface area contributed by atoms with Crippen molar-refractivity contribution in [3.8, 4) is 0 Å². The van der Waals surface area contributed by atoms with Gasteiger partial charge in [-0.3, -0.25) is 0 Å². The highest BCUT2D eigenvalue weighted by Gasteiger charge is 2.12. The number of rotatable bonds is 1. The van der Waals surface area contributed by atoms with Gasteiger partial charge in [0.1, 0.15) is 0 Å². The van der Waals surface area contributed by atoms with Crippen LogP contribution >= 0.6 is 0 Å². The molecular formula is C9H15N3. The minimum atomic E-state index is 1.05. The van der Waals surface area contributed by atoms with Gasteiger partial charge in [0.05, 0.1) is 0 Å². The number of aromatic nitrogens is 2. The Labute approximate surface area is 72.8 Å². The van der Waals surface area contributed by atoms with Crippen molar-refractivity contribution < 1.29 is 0 Å². The molecule has 0 saturated carbocycles. The van der Waals surface area contributed by atoms with Crippen LogP contribution in [0, 0.1) is 6.92 Å². The average molecular weight is 165 g/mol. The molecule has 3 nitrogen and oxygen atoms in total. The first-order valence-corrected chi connectivity index (χ1v) is 4.63. The molecule has 0 amide bonds. The predicted octanol–water partition coefficient (Wildman–Crippen LogP) is 1.71. The molecular weight excluding hydrogens is 150 g/mol. The van der Waals surface area contributed by atoms with Crippen LogP contribution in [0.5, 0.6) is 0 Å². The molecule has 3 heteroatoms. The van der Waals surface area contributed by atoms with Crippen molar-refractivity contribution in [2.45, 2.75) is 26.2 Å². The molecule has 12 heavy (non-hydrogen) atoms. The van der Waals surface area contributed by atoms with E-state index in [0.717, 1.165) is 24.7 Å². The summed E-state index contributed by atoms with van der Waals surface area (Å²) in [6.07, 6.45) is 5.87. The lowest BCUT2D eigenvalue weighted by Gasteiger charge is -2.25. The highest BCUT2D eigenvalue weighted by atomic mass is 15.3. The standard InChI is InChI=1S/C9H15N3/c1-8-7-10-9(11-8)12-5-3-2-4-6-12/h7H,2-6H2,1H3,(H,10,11). The van der Waals surface area contributed by atoms with E-state index >= 15 is 0 Å². The number of hydrogen-bond acceptors (Lipinski definition) is 2. The molecule has 0 atom stereocenters. The van der Waals surface area contributed by atoms with Crippen molar-refractivity contribution in [1.82, 2.24) is 9.97 Å². The van der Waals surface area contributed by atoms with E-state index in [0.29, 0.717) is 0 Å². The van der Waals surface area contributed by atoms with Crippen molar-refractivity contribution in [2.24, 2.45) is 0 Å². The van der Waals surface area contributed by atoms with Crippen LogP contribution < -0.4 is 4.90 Å². The molecule has 1 aromatic heterocycles. The third-order valence-corrected chi connectivity index (χ3v) is 2.35. The average Bonchev–Trinajstić information content (AvgIpc) is 2.54. The molecule has 0 bridgehead atoms. The fourth-order valence-electron chi connectivity index (χ4n) is 1.67. The van der Waals surface area contributed by atoms with Crippen LogP contribution in [0.25, 0.3) is 0 Å². The Morgan fingerprint density at radius 1 is 1.33 bits per heavy atom. The maximum atomic E-state index is 4.31. The second-order valence-electron chi connectivity index (χ2n) is 3.44. The zero-order valence-electron chi connectivity index (χ0n) is 7.51. The molecule has 2 heterocycles. The molecule has 0 aromatic carbocycles. The molecule has 1 aromatic rings. The normalized spacial score (nSPS) is 18.2. The minimum Gasteiger partial charge on any atom is -0.342 e. The summed E-state index contributed by atoms with van der Waals surface area (Å²) in [5.41, 5.74) is 1.15. The van der Waals surface area contributed by atoms with E-state index in [1.165, 1.54) is 19.3 Å². The van der Waals surface area contributed by atoms with Gasteiger partial charge in [0.25, 0.3) is 0 Å². The number of nitrogens with one attached hydrogen (secondary N) is 1. The van der Waals surface area contributed by atoms with E-state index in [1.54, 1.807) is 0 Å². The lowest BCUT2D eigenvalue weighted by molar-refractivity contribution is 0.570. The molecule has 1 aliphatic heterocycles. The number of anilines is 1. The summed E-state index contributed by atoms with van der Waals surface area (Å²) in [4.78, 5) is 9.90. The topological polar surface area (TPSA) is 31.9 Å². The molecule has 1 aliphatic rings.